The van der Waals surface area contributed by atoms with Crippen LogP contribution in [0.4, 0.5) is 10.2 Å². The van der Waals surface area contributed by atoms with Crippen molar-refractivity contribution in [2.24, 2.45) is 0 Å². The van der Waals surface area contributed by atoms with E-state index in [9.17, 15) is 9.18 Å². The standard InChI is InChI=1S/C27H22FN5O/c1-29-25(18-5-3-2-4-6-18)27(34)32-22-12-11-21-23(17-13-15-30-16-14-17)24(33-26(21)31-22)19-7-9-20(28)10-8-19/h2-16,25,29H,1H3,(H2,31,32,33,34)/t25-/m1/s1. The number of aromatic nitrogens is 3. The number of pyridine rings is 2. The molecule has 0 radical (unpaired) electrons. The molecule has 0 bridgehead atoms. The summed E-state index contributed by atoms with van der Waals surface area (Å²) in [6.07, 6.45) is 3.46. The monoisotopic (exact) mass is 451 g/mol. The molecule has 1 amide bonds. The number of aromatic amines is 1. The quantitative estimate of drug-likeness (QED) is 0.326. The molecule has 0 aliphatic carbocycles. The van der Waals surface area contributed by atoms with Gasteiger partial charge in [0.1, 0.15) is 23.3 Å². The largest absolute Gasteiger partial charge is 0.339 e. The summed E-state index contributed by atoms with van der Waals surface area (Å²) < 4.78 is 13.5. The summed E-state index contributed by atoms with van der Waals surface area (Å²) >= 11 is 0. The predicted octanol–water partition coefficient (Wildman–Crippen LogP) is 5.33. The molecule has 5 rings (SSSR count). The molecule has 3 N–H and O–H groups in total. The van der Waals surface area contributed by atoms with E-state index in [1.807, 2.05) is 48.5 Å². The van der Waals surface area contributed by atoms with Crippen LogP contribution in [0.15, 0.2) is 91.3 Å². The summed E-state index contributed by atoms with van der Waals surface area (Å²) in [7, 11) is 1.74. The number of amides is 1. The predicted molar refractivity (Wildman–Crippen MR) is 132 cm³/mol. The molecule has 0 aliphatic rings. The first-order valence-corrected chi connectivity index (χ1v) is 10.9. The third-order valence-corrected chi connectivity index (χ3v) is 5.69. The third-order valence-electron chi connectivity index (χ3n) is 5.69. The number of halogens is 1. The molecule has 6 nitrogen and oxygen atoms in total. The molecule has 34 heavy (non-hydrogen) atoms. The minimum Gasteiger partial charge on any atom is -0.339 e. The Bertz CT molecular complexity index is 1430. The third kappa shape index (κ3) is 4.16. The van der Waals surface area contributed by atoms with Crippen molar-refractivity contribution in [3.05, 3.63) is 103 Å². The number of likely N-dealkylation sites (N-methyl/N-ethyl adjacent to an activating group) is 1. The number of anilines is 1. The molecule has 0 fully saturated rings. The fourth-order valence-corrected chi connectivity index (χ4v) is 4.09. The Morgan fingerprint density at radius 3 is 2.35 bits per heavy atom. The van der Waals surface area contributed by atoms with Crippen LogP contribution in [0.2, 0.25) is 0 Å². The zero-order chi connectivity index (χ0) is 23.5. The number of H-pyrrole nitrogens is 1. The Hall–Kier alpha value is -4.36. The van der Waals surface area contributed by atoms with Gasteiger partial charge in [0.2, 0.25) is 5.91 Å². The number of nitrogens with zero attached hydrogens (tertiary/aromatic N) is 2. The molecule has 168 valence electrons. The zero-order valence-electron chi connectivity index (χ0n) is 18.4. The molecule has 2 aromatic carbocycles. The molecule has 0 saturated heterocycles. The van der Waals surface area contributed by atoms with Crippen LogP contribution in [0.25, 0.3) is 33.4 Å². The maximum absolute atomic E-state index is 13.5. The van der Waals surface area contributed by atoms with Crippen LogP contribution in [0.3, 0.4) is 0 Å². The highest BCUT2D eigenvalue weighted by atomic mass is 19.1. The number of carbonyl (C=O) groups excluding carboxylic acids is 1. The second-order valence-electron chi connectivity index (χ2n) is 7.83. The molecule has 0 unspecified atom stereocenters. The van der Waals surface area contributed by atoms with Crippen LogP contribution < -0.4 is 10.6 Å². The first-order valence-electron chi connectivity index (χ1n) is 10.9. The maximum Gasteiger partial charge on any atom is 0.247 e. The fraction of sp³-hybridized carbons (Fsp3) is 0.0741. The van der Waals surface area contributed by atoms with Gasteiger partial charge in [-0.05, 0) is 72.3 Å². The molecule has 0 saturated carbocycles. The van der Waals surface area contributed by atoms with Crippen LogP contribution in [-0.4, -0.2) is 27.9 Å². The van der Waals surface area contributed by atoms with Crippen molar-refractivity contribution in [3.8, 4) is 22.4 Å². The zero-order valence-corrected chi connectivity index (χ0v) is 18.4. The number of carbonyl (C=O) groups is 1. The van der Waals surface area contributed by atoms with Crippen molar-refractivity contribution < 1.29 is 9.18 Å². The van der Waals surface area contributed by atoms with Crippen LogP contribution in [0, 0.1) is 5.82 Å². The second-order valence-corrected chi connectivity index (χ2v) is 7.83. The Kier molecular flexibility index (Phi) is 5.84. The van der Waals surface area contributed by atoms with E-state index < -0.39 is 6.04 Å². The Morgan fingerprint density at radius 2 is 1.65 bits per heavy atom. The van der Waals surface area contributed by atoms with E-state index >= 15 is 0 Å². The van der Waals surface area contributed by atoms with Crippen molar-refractivity contribution in [2.75, 3.05) is 12.4 Å². The van der Waals surface area contributed by atoms with Gasteiger partial charge in [0.15, 0.2) is 0 Å². The van der Waals surface area contributed by atoms with Crippen molar-refractivity contribution >= 4 is 22.8 Å². The molecule has 0 spiro atoms. The summed E-state index contributed by atoms with van der Waals surface area (Å²) in [5.41, 5.74) is 5.02. The Labute approximate surface area is 195 Å². The highest BCUT2D eigenvalue weighted by molar-refractivity contribution is 6.03. The minimum atomic E-state index is -0.510. The first kappa shape index (κ1) is 21.5. The smallest absolute Gasteiger partial charge is 0.247 e. The number of benzene rings is 2. The first-order chi connectivity index (χ1) is 16.6. The van der Waals surface area contributed by atoms with Gasteiger partial charge >= 0.3 is 0 Å². The Balaban J connectivity index is 1.55. The molecular weight excluding hydrogens is 429 g/mol. The minimum absolute atomic E-state index is 0.208. The van der Waals surface area contributed by atoms with Crippen LogP contribution >= 0.6 is 0 Å². The van der Waals surface area contributed by atoms with E-state index in [4.69, 9.17) is 0 Å². The van der Waals surface area contributed by atoms with E-state index in [0.717, 1.165) is 33.3 Å². The molecule has 1 atom stereocenters. The van der Waals surface area contributed by atoms with Crippen molar-refractivity contribution in [3.63, 3.8) is 0 Å². The van der Waals surface area contributed by atoms with Gasteiger partial charge in [-0.2, -0.15) is 0 Å². The lowest BCUT2D eigenvalue weighted by Gasteiger charge is -2.16. The number of rotatable bonds is 6. The summed E-state index contributed by atoms with van der Waals surface area (Å²) in [4.78, 5) is 25.1. The second kappa shape index (κ2) is 9.25. The van der Waals surface area contributed by atoms with Gasteiger partial charge in [0.05, 0.1) is 5.69 Å². The number of hydrogen-bond acceptors (Lipinski definition) is 4. The Morgan fingerprint density at radius 1 is 0.912 bits per heavy atom. The van der Waals surface area contributed by atoms with E-state index in [-0.39, 0.29) is 11.7 Å². The van der Waals surface area contributed by atoms with Gasteiger partial charge in [0.25, 0.3) is 0 Å². The summed E-state index contributed by atoms with van der Waals surface area (Å²) in [6.45, 7) is 0. The molecule has 3 aromatic heterocycles. The number of nitrogens with one attached hydrogen (secondary N) is 3. The topological polar surface area (TPSA) is 82.7 Å². The highest BCUT2D eigenvalue weighted by Crippen LogP contribution is 2.38. The molecule has 3 heterocycles. The number of hydrogen-bond donors (Lipinski definition) is 3. The van der Waals surface area contributed by atoms with E-state index in [1.165, 1.54) is 12.1 Å². The maximum atomic E-state index is 13.5. The summed E-state index contributed by atoms with van der Waals surface area (Å²) in [5, 5.41) is 6.85. The van der Waals surface area contributed by atoms with Gasteiger partial charge < -0.3 is 15.6 Å². The summed E-state index contributed by atoms with van der Waals surface area (Å²) in [5.74, 6) is -0.0759. The van der Waals surface area contributed by atoms with Gasteiger partial charge in [0, 0.05) is 23.3 Å². The number of fused-ring (bicyclic) bond motifs is 1. The van der Waals surface area contributed by atoms with Gasteiger partial charge in [-0.1, -0.05) is 30.3 Å². The molecular formula is C27H22FN5O. The van der Waals surface area contributed by atoms with E-state index in [1.54, 1.807) is 37.6 Å². The van der Waals surface area contributed by atoms with E-state index in [0.29, 0.717) is 11.5 Å². The molecule has 7 heteroatoms. The average Bonchev–Trinajstić information content (AvgIpc) is 3.25. The van der Waals surface area contributed by atoms with Gasteiger partial charge in [-0.3, -0.25) is 9.78 Å². The van der Waals surface area contributed by atoms with Crippen molar-refractivity contribution in [2.45, 2.75) is 6.04 Å². The normalized spacial score (nSPS) is 11.9. The van der Waals surface area contributed by atoms with E-state index in [2.05, 4.69) is 25.6 Å². The van der Waals surface area contributed by atoms with Crippen LogP contribution in [-0.2, 0) is 4.79 Å². The average molecular weight is 452 g/mol. The van der Waals surface area contributed by atoms with Crippen molar-refractivity contribution in [1.82, 2.24) is 20.3 Å². The lowest BCUT2D eigenvalue weighted by molar-refractivity contribution is -0.118. The van der Waals surface area contributed by atoms with Crippen molar-refractivity contribution in [1.29, 1.82) is 0 Å². The summed E-state index contributed by atoms with van der Waals surface area (Å²) in [6, 6.07) is 22.9. The van der Waals surface area contributed by atoms with Gasteiger partial charge in [-0.25, -0.2) is 9.37 Å². The van der Waals surface area contributed by atoms with Crippen LogP contribution in [0.5, 0.6) is 0 Å². The highest BCUT2D eigenvalue weighted by Gasteiger charge is 2.20. The lowest BCUT2D eigenvalue weighted by atomic mass is 10.00. The van der Waals surface area contributed by atoms with Gasteiger partial charge in [-0.15, -0.1) is 0 Å². The fourth-order valence-electron chi connectivity index (χ4n) is 4.09. The molecule has 0 aliphatic heterocycles. The molecule has 5 aromatic rings. The lowest BCUT2D eigenvalue weighted by Crippen LogP contribution is -2.30. The SMILES string of the molecule is CN[C@@H](C(=O)Nc1ccc2c(-c3ccncc3)c(-c3ccc(F)cc3)[nH]c2n1)c1ccccc1. The van der Waals surface area contributed by atoms with Crippen LogP contribution in [0.1, 0.15) is 11.6 Å².